The van der Waals surface area contributed by atoms with Gasteiger partial charge in [-0.3, -0.25) is 9.59 Å². The zero-order chi connectivity index (χ0) is 18.5. The highest BCUT2D eigenvalue weighted by Crippen LogP contribution is 2.18. The Bertz CT molecular complexity index is 793. The molecule has 3 rings (SSSR count). The standard InChI is InChI=1S/C19H19BrFN3O2/c20-17-7-6-14(21)12-16(17)19(26)22-13-18(25)24-10-8-23(9-11-24)15-4-2-1-3-5-15/h1-7,12H,8-11,13H2,(H,22,26). The minimum Gasteiger partial charge on any atom is -0.368 e. The van der Waals surface area contributed by atoms with Crippen LogP contribution in [0.5, 0.6) is 0 Å². The topological polar surface area (TPSA) is 52.7 Å². The van der Waals surface area contributed by atoms with E-state index in [1.54, 1.807) is 4.90 Å². The molecule has 1 fully saturated rings. The van der Waals surface area contributed by atoms with Gasteiger partial charge in [0.15, 0.2) is 0 Å². The Kier molecular flexibility index (Phi) is 5.88. The van der Waals surface area contributed by atoms with Gasteiger partial charge in [-0.15, -0.1) is 0 Å². The van der Waals surface area contributed by atoms with Crippen LogP contribution in [-0.2, 0) is 4.79 Å². The van der Waals surface area contributed by atoms with Crippen LogP contribution in [0.15, 0.2) is 53.0 Å². The Balaban J connectivity index is 1.50. The Morgan fingerprint density at radius 3 is 2.42 bits per heavy atom. The molecule has 0 spiro atoms. The van der Waals surface area contributed by atoms with Gasteiger partial charge in [-0.1, -0.05) is 18.2 Å². The number of amides is 2. The number of rotatable bonds is 4. The van der Waals surface area contributed by atoms with Crippen LogP contribution in [0.3, 0.4) is 0 Å². The molecule has 136 valence electrons. The molecule has 26 heavy (non-hydrogen) atoms. The molecule has 2 aromatic rings. The summed E-state index contributed by atoms with van der Waals surface area (Å²) in [5.41, 5.74) is 1.32. The molecule has 0 radical (unpaired) electrons. The normalized spacial score (nSPS) is 14.2. The van der Waals surface area contributed by atoms with Crippen LogP contribution >= 0.6 is 15.9 Å². The van der Waals surface area contributed by atoms with E-state index in [4.69, 9.17) is 0 Å². The zero-order valence-electron chi connectivity index (χ0n) is 14.1. The van der Waals surface area contributed by atoms with Crippen LogP contribution in [0.2, 0.25) is 0 Å². The SMILES string of the molecule is O=C(NCC(=O)N1CCN(c2ccccc2)CC1)c1cc(F)ccc1Br. The summed E-state index contributed by atoms with van der Waals surface area (Å²) in [4.78, 5) is 28.5. The molecule has 0 atom stereocenters. The van der Waals surface area contributed by atoms with Crippen molar-refractivity contribution in [2.45, 2.75) is 0 Å². The number of hydrogen-bond donors (Lipinski definition) is 1. The van der Waals surface area contributed by atoms with Crippen LogP contribution in [-0.4, -0.2) is 49.4 Å². The Hall–Kier alpha value is -2.41. The maximum atomic E-state index is 13.3. The lowest BCUT2D eigenvalue weighted by atomic mass is 10.2. The van der Waals surface area contributed by atoms with Crippen molar-refractivity contribution in [3.05, 3.63) is 64.4 Å². The zero-order valence-corrected chi connectivity index (χ0v) is 15.7. The third-order valence-electron chi connectivity index (χ3n) is 4.33. The molecular formula is C19H19BrFN3O2. The number of para-hydroxylation sites is 1. The molecule has 1 heterocycles. The summed E-state index contributed by atoms with van der Waals surface area (Å²) in [5, 5.41) is 2.57. The number of hydrogen-bond acceptors (Lipinski definition) is 3. The minimum absolute atomic E-state index is 0.104. The van der Waals surface area contributed by atoms with Gasteiger partial charge in [-0.05, 0) is 46.3 Å². The molecule has 0 bridgehead atoms. The van der Waals surface area contributed by atoms with Gasteiger partial charge in [-0.25, -0.2) is 4.39 Å². The molecule has 1 saturated heterocycles. The van der Waals surface area contributed by atoms with Gasteiger partial charge < -0.3 is 15.1 Å². The Morgan fingerprint density at radius 1 is 1.04 bits per heavy atom. The number of piperazine rings is 1. The van der Waals surface area contributed by atoms with Crippen molar-refractivity contribution in [1.29, 1.82) is 0 Å². The molecule has 1 N–H and O–H groups in total. The van der Waals surface area contributed by atoms with Crippen LogP contribution in [0.4, 0.5) is 10.1 Å². The number of nitrogens with zero attached hydrogens (tertiary/aromatic N) is 2. The number of carbonyl (C=O) groups excluding carboxylic acids is 2. The average molecular weight is 420 g/mol. The summed E-state index contributed by atoms with van der Waals surface area (Å²) in [5.74, 6) is -1.12. The first-order valence-corrected chi connectivity index (χ1v) is 9.15. The number of anilines is 1. The van der Waals surface area contributed by atoms with Crippen LogP contribution < -0.4 is 10.2 Å². The Morgan fingerprint density at radius 2 is 1.73 bits per heavy atom. The molecule has 1 aliphatic rings. The van der Waals surface area contributed by atoms with Crippen molar-refractivity contribution >= 4 is 33.4 Å². The van der Waals surface area contributed by atoms with E-state index in [1.165, 1.54) is 12.1 Å². The second-order valence-electron chi connectivity index (χ2n) is 6.01. The van der Waals surface area contributed by atoms with Crippen LogP contribution in [0, 0.1) is 5.82 Å². The third kappa shape index (κ3) is 4.40. The molecule has 5 nitrogen and oxygen atoms in total. The summed E-state index contributed by atoms with van der Waals surface area (Å²) in [7, 11) is 0. The van der Waals surface area contributed by atoms with E-state index in [0.717, 1.165) is 24.8 Å². The van der Waals surface area contributed by atoms with Crippen LogP contribution in [0.1, 0.15) is 10.4 Å². The highest BCUT2D eigenvalue weighted by molar-refractivity contribution is 9.10. The summed E-state index contributed by atoms with van der Waals surface area (Å²) in [6, 6.07) is 13.9. The van der Waals surface area contributed by atoms with Gasteiger partial charge in [0.05, 0.1) is 12.1 Å². The highest BCUT2D eigenvalue weighted by Gasteiger charge is 2.22. The van der Waals surface area contributed by atoms with Gasteiger partial charge in [0.2, 0.25) is 5.91 Å². The summed E-state index contributed by atoms with van der Waals surface area (Å²) in [6.07, 6.45) is 0. The van der Waals surface area contributed by atoms with Crippen LogP contribution in [0.25, 0.3) is 0 Å². The average Bonchev–Trinajstić information content (AvgIpc) is 2.68. The van der Waals surface area contributed by atoms with Crippen molar-refractivity contribution in [3.63, 3.8) is 0 Å². The summed E-state index contributed by atoms with van der Waals surface area (Å²) >= 11 is 3.22. The number of halogens is 2. The van der Waals surface area contributed by atoms with E-state index >= 15 is 0 Å². The van der Waals surface area contributed by atoms with Crippen molar-refractivity contribution in [2.24, 2.45) is 0 Å². The molecule has 0 saturated carbocycles. The van der Waals surface area contributed by atoms with Gasteiger partial charge >= 0.3 is 0 Å². The van der Waals surface area contributed by atoms with Crippen molar-refractivity contribution in [3.8, 4) is 0 Å². The summed E-state index contributed by atoms with van der Waals surface area (Å²) in [6.45, 7) is 2.60. The second kappa shape index (κ2) is 8.31. The van der Waals surface area contributed by atoms with E-state index in [9.17, 15) is 14.0 Å². The minimum atomic E-state index is -0.498. The number of benzene rings is 2. The van der Waals surface area contributed by atoms with Gasteiger partial charge in [0.1, 0.15) is 5.82 Å². The third-order valence-corrected chi connectivity index (χ3v) is 5.02. The maximum absolute atomic E-state index is 13.3. The second-order valence-corrected chi connectivity index (χ2v) is 6.86. The lowest BCUT2D eigenvalue weighted by Gasteiger charge is -2.36. The highest BCUT2D eigenvalue weighted by atomic mass is 79.9. The predicted molar refractivity (Wildman–Crippen MR) is 102 cm³/mol. The molecule has 1 aliphatic heterocycles. The van der Waals surface area contributed by atoms with E-state index in [-0.39, 0.29) is 18.0 Å². The van der Waals surface area contributed by atoms with Crippen molar-refractivity contribution < 1.29 is 14.0 Å². The van der Waals surface area contributed by atoms with Crippen molar-refractivity contribution in [2.75, 3.05) is 37.6 Å². The van der Waals surface area contributed by atoms with E-state index in [1.807, 2.05) is 18.2 Å². The van der Waals surface area contributed by atoms with Gasteiger partial charge in [0.25, 0.3) is 5.91 Å². The lowest BCUT2D eigenvalue weighted by Crippen LogP contribution is -2.51. The quantitative estimate of drug-likeness (QED) is 0.828. The van der Waals surface area contributed by atoms with Crippen molar-refractivity contribution in [1.82, 2.24) is 10.2 Å². The number of nitrogens with one attached hydrogen (secondary N) is 1. The molecule has 2 aromatic carbocycles. The molecular weight excluding hydrogens is 401 g/mol. The van der Waals surface area contributed by atoms with E-state index < -0.39 is 11.7 Å². The largest absolute Gasteiger partial charge is 0.368 e. The maximum Gasteiger partial charge on any atom is 0.252 e. The van der Waals surface area contributed by atoms with E-state index in [0.29, 0.717) is 17.6 Å². The molecule has 0 unspecified atom stereocenters. The Labute approximate surface area is 159 Å². The fraction of sp³-hybridized carbons (Fsp3) is 0.263. The lowest BCUT2D eigenvalue weighted by molar-refractivity contribution is -0.130. The first-order chi connectivity index (χ1) is 12.5. The summed E-state index contributed by atoms with van der Waals surface area (Å²) < 4.78 is 13.8. The first kappa shape index (κ1) is 18.4. The fourth-order valence-corrected chi connectivity index (χ4v) is 3.31. The van der Waals surface area contributed by atoms with E-state index in [2.05, 4.69) is 38.3 Å². The molecule has 0 aromatic heterocycles. The van der Waals surface area contributed by atoms with Gasteiger partial charge in [0, 0.05) is 36.3 Å². The predicted octanol–water partition coefficient (Wildman–Crippen LogP) is 2.67. The fourth-order valence-electron chi connectivity index (χ4n) is 2.89. The molecule has 7 heteroatoms. The molecule has 2 amide bonds. The monoisotopic (exact) mass is 419 g/mol. The molecule has 0 aliphatic carbocycles. The van der Waals surface area contributed by atoms with Gasteiger partial charge in [-0.2, -0.15) is 0 Å². The first-order valence-electron chi connectivity index (χ1n) is 8.35. The number of carbonyl (C=O) groups is 2. The smallest absolute Gasteiger partial charge is 0.252 e.